The molecule has 4 heteroatoms. The van der Waals surface area contributed by atoms with Crippen LogP contribution < -0.4 is 5.32 Å². The van der Waals surface area contributed by atoms with Gasteiger partial charge < -0.3 is 10.2 Å². The number of nitrogens with zero attached hydrogens (tertiary/aromatic N) is 2. The highest BCUT2D eigenvalue weighted by Crippen LogP contribution is 2.22. The quantitative estimate of drug-likeness (QED) is 0.480. The Kier molecular flexibility index (Phi) is 8.09. The minimum Gasteiger partial charge on any atom is -0.376 e. The van der Waals surface area contributed by atoms with E-state index in [2.05, 4.69) is 47.5 Å². The zero-order valence-electron chi connectivity index (χ0n) is 17.8. The standard InChI is InChI=1S/C26H31N3O/c1-2-3-7-21-10-12-25(13-11-21)28-26(30)24(19-27)20-29-16-14-23(15-17-29)18-22-8-5-4-6-9-22/h4-6,8-13,20,23H,2-3,7,14-18H2,1H3,(H,28,30)/b24-20-. The number of hydrogen-bond acceptors (Lipinski definition) is 3. The first kappa shape index (κ1) is 21.6. The van der Waals surface area contributed by atoms with Crippen LogP contribution in [0.1, 0.15) is 43.7 Å². The summed E-state index contributed by atoms with van der Waals surface area (Å²) in [7, 11) is 0. The SMILES string of the molecule is CCCCc1ccc(NC(=O)/C(C#N)=C\N2CCC(Cc3ccccc3)CC2)cc1. The second kappa shape index (κ2) is 11.2. The Hall–Kier alpha value is -3.06. The molecule has 0 bridgehead atoms. The van der Waals surface area contributed by atoms with Crippen LogP contribution in [-0.2, 0) is 17.6 Å². The molecule has 1 N–H and O–H groups in total. The molecule has 1 saturated heterocycles. The molecule has 0 spiro atoms. The van der Waals surface area contributed by atoms with E-state index in [1.807, 2.05) is 30.3 Å². The van der Waals surface area contributed by atoms with Crippen molar-refractivity contribution in [2.45, 2.75) is 45.4 Å². The minimum atomic E-state index is -0.342. The van der Waals surface area contributed by atoms with Crippen LogP contribution in [0.4, 0.5) is 5.69 Å². The van der Waals surface area contributed by atoms with E-state index in [1.165, 1.54) is 11.1 Å². The molecule has 3 rings (SSSR count). The fourth-order valence-corrected chi connectivity index (χ4v) is 3.89. The van der Waals surface area contributed by atoms with Crippen molar-refractivity contribution in [1.29, 1.82) is 5.26 Å². The lowest BCUT2D eigenvalue weighted by atomic mass is 9.90. The molecule has 0 atom stereocenters. The first-order valence-electron chi connectivity index (χ1n) is 11.0. The summed E-state index contributed by atoms with van der Waals surface area (Å²) in [5.41, 5.74) is 3.53. The third kappa shape index (κ3) is 6.49. The molecular formula is C26H31N3O. The van der Waals surface area contributed by atoms with E-state index in [-0.39, 0.29) is 11.5 Å². The molecule has 1 aliphatic rings. The Bertz CT molecular complexity index is 873. The van der Waals surface area contributed by atoms with Crippen molar-refractivity contribution in [3.05, 3.63) is 77.5 Å². The summed E-state index contributed by atoms with van der Waals surface area (Å²) >= 11 is 0. The fourth-order valence-electron chi connectivity index (χ4n) is 3.89. The van der Waals surface area contributed by atoms with E-state index in [0.29, 0.717) is 5.92 Å². The molecule has 1 aliphatic heterocycles. The summed E-state index contributed by atoms with van der Waals surface area (Å²) in [6.45, 7) is 3.93. The number of likely N-dealkylation sites (tertiary alicyclic amines) is 1. The molecule has 1 amide bonds. The van der Waals surface area contributed by atoms with Gasteiger partial charge in [0.05, 0.1) is 0 Å². The zero-order chi connectivity index (χ0) is 21.2. The lowest BCUT2D eigenvalue weighted by Gasteiger charge is -2.31. The lowest BCUT2D eigenvalue weighted by molar-refractivity contribution is -0.112. The molecule has 30 heavy (non-hydrogen) atoms. The number of anilines is 1. The third-order valence-corrected chi connectivity index (χ3v) is 5.72. The summed E-state index contributed by atoms with van der Waals surface area (Å²) < 4.78 is 0. The summed E-state index contributed by atoms with van der Waals surface area (Å²) in [6.07, 6.45) is 8.35. The van der Waals surface area contributed by atoms with Gasteiger partial charge in [-0.05, 0) is 61.3 Å². The third-order valence-electron chi connectivity index (χ3n) is 5.72. The largest absolute Gasteiger partial charge is 0.376 e. The Morgan fingerprint density at radius 1 is 1.10 bits per heavy atom. The number of benzene rings is 2. The van der Waals surface area contributed by atoms with Crippen molar-refractivity contribution in [1.82, 2.24) is 4.90 Å². The Labute approximate surface area is 180 Å². The number of aryl methyl sites for hydroxylation is 1. The molecule has 156 valence electrons. The van der Waals surface area contributed by atoms with Gasteiger partial charge in [0.25, 0.3) is 5.91 Å². The van der Waals surface area contributed by atoms with Crippen molar-refractivity contribution >= 4 is 11.6 Å². The number of hydrogen-bond donors (Lipinski definition) is 1. The van der Waals surface area contributed by atoms with Crippen molar-refractivity contribution < 1.29 is 4.79 Å². The normalized spacial score (nSPS) is 14.9. The molecule has 0 radical (unpaired) electrons. The first-order chi connectivity index (χ1) is 14.7. The van der Waals surface area contributed by atoms with Crippen molar-refractivity contribution in [3.8, 4) is 6.07 Å². The molecule has 0 aliphatic carbocycles. The highest BCUT2D eigenvalue weighted by Gasteiger charge is 2.19. The van der Waals surface area contributed by atoms with Gasteiger partial charge in [0, 0.05) is 25.0 Å². The Balaban J connectivity index is 1.51. The zero-order valence-corrected chi connectivity index (χ0v) is 17.8. The summed E-state index contributed by atoms with van der Waals surface area (Å²) in [5.74, 6) is 0.313. The van der Waals surface area contributed by atoms with Crippen LogP contribution in [0.25, 0.3) is 0 Å². The highest BCUT2D eigenvalue weighted by molar-refractivity contribution is 6.06. The van der Waals surface area contributed by atoms with E-state index in [9.17, 15) is 10.1 Å². The second-order valence-electron chi connectivity index (χ2n) is 8.08. The molecule has 0 unspecified atom stereocenters. The Morgan fingerprint density at radius 3 is 2.43 bits per heavy atom. The average molecular weight is 402 g/mol. The number of unbranched alkanes of at least 4 members (excludes halogenated alkanes) is 1. The number of nitriles is 1. The smallest absolute Gasteiger partial charge is 0.267 e. The Morgan fingerprint density at radius 2 is 1.80 bits per heavy atom. The van der Waals surface area contributed by atoms with Gasteiger partial charge in [0.1, 0.15) is 11.6 Å². The van der Waals surface area contributed by atoms with E-state index in [4.69, 9.17) is 0 Å². The maximum Gasteiger partial charge on any atom is 0.267 e. The molecule has 1 fully saturated rings. The van der Waals surface area contributed by atoms with E-state index >= 15 is 0 Å². The molecule has 2 aromatic rings. The summed E-state index contributed by atoms with van der Waals surface area (Å²) in [6, 6.07) is 20.6. The van der Waals surface area contributed by atoms with E-state index in [0.717, 1.165) is 57.3 Å². The number of amides is 1. The van der Waals surface area contributed by atoms with Gasteiger partial charge in [-0.1, -0.05) is 55.8 Å². The maximum absolute atomic E-state index is 12.6. The molecule has 1 heterocycles. The van der Waals surface area contributed by atoms with Gasteiger partial charge in [-0.25, -0.2) is 0 Å². The van der Waals surface area contributed by atoms with Crippen molar-refractivity contribution in [2.75, 3.05) is 18.4 Å². The van der Waals surface area contributed by atoms with E-state index < -0.39 is 0 Å². The average Bonchev–Trinajstić information content (AvgIpc) is 2.78. The first-order valence-corrected chi connectivity index (χ1v) is 11.0. The summed E-state index contributed by atoms with van der Waals surface area (Å²) in [5, 5.41) is 12.3. The molecular weight excluding hydrogens is 370 g/mol. The van der Waals surface area contributed by atoms with Crippen molar-refractivity contribution in [3.63, 3.8) is 0 Å². The number of carbonyl (C=O) groups excluding carboxylic acids is 1. The van der Waals surface area contributed by atoms with Crippen LogP contribution in [0, 0.1) is 17.2 Å². The van der Waals surface area contributed by atoms with Gasteiger partial charge in [0.15, 0.2) is 0 Å². The highest BCUT2D eigenvalue weighted by atomic mass is 16.1. The van der Waals surface area contributed by atoms with Gasteiger partial charge in [0.2, 0.25) is 0 Å². The number of piperidine rings is 1. The van der Waals surface area contributed by atoms with Crippen LogP contribution in [-0.4, -0.2) is 23.9 Å². The molecule has 2 aromatic carbocycles. The van der Waals surface area contributed by atoms with Crippen LogP contribution in [0.5, 0.6) is 0 Å². The van der Waals surface area contributed by atoms with Crippen LogP contribution in [0.2, 0.25) is 0 Å². The van der Waals surface area contributed by atoms with Gasteiger partial charge in [-0.3, -0.25) is 4.79 Å². The van der Waals surface area contributed by atoms with Crippen molar-refractivity contribution in [2.24, 2.45) is 5.92 Å². The molecule has 0 aromatic heterocycles. The number of rotatable bonds is 8. The predicted molar refractivity (Wildman–Crippen MR) is 122 cm³/mol. The van der Waals surface area contributed by atoms with Gasteiger partial charge in [-0.15, -0.1) is 0 Å². The second-order valence-corrected chi connectivity index (χ2v) is 8.08. The maximum atomic E-state index is 12.6. The van der Waals surface area contributed by atoms with Crippen LogP contribution >= 0.6 is 0 Å². The fraction of sp³-hybridized carbons (Fsp3) is 0.385. The number of nitrogens with one attached hydrogen (secondary N) is 1. The molecule has 4 nitrogen and oxygen atoms in total. The monoisotopic (exact) mass is 401 g/mol. The topological polar surface area (TPSA) is 56.1 Å². The lowest BCUT2D eigenvalue weighted by Crippen LogP contribution is -2.31. The summed E-state index contributed by atoms with van der Waals surface area (Å²) in [4.78, 5) is 14.7. The minimum absolute atomic E-state index is 0.159. The van der Waals surface area contributed by atoms with E-state index in [1.54, 1.807) is 6.20 Å². The van der Waals surface area contributed by atoms with Gasteiger partial charge >= 0.3 is 0 Å². The number of carbonyl (C=O) groups is 1. The molecule has 0 saturated carbocycles. The van der Waals surface area contributed by atoms with Crippen LogP contribution in [0.15, 0.2) is 66.4 Å². The van der Waals surface area contributed by atoms with Gasteiger partial charge in [-0.2, -0.15) is 5.26 Å². The van der Waals surface area contributed by atoms with Crippen LogP contribution in [0.3, 0.4) is 0 Å². The predicted octanol–water partition coefficient (Wildman–Crippen LogP) is 5.33.